The summed E-state index contributed by atoms with van der Waals surface area (Å²) in [5.74, 6) is 0.000823. The van der Waals surface area contributed by atoms with Crippen LogP contribution in [0.1, 0.15) is 6.92 Å². The van der Waals surface area contributed by atoms with Crippen molar-refractivity contribution in [2.75, 3.05) is 5.32 Å². The van der Waals surface area contributed by atoms with E-state index >= 15 is 0 Å². The molecule has 2 rings (SSSR count). The third kappa shape index (κ3) is 1.72. The number of halogens is 2. The van der Waals surface area contributed by atoms with Gasteiger partial charge in [-0.05, 0) is 19.1 Å². The van der Waals surface area contributed by atoms with Gasteiger partial charge in [-0.15, -0.1) is 11.8 Å². The summed E-state index contributed by atoms with van der Waals surface area (Å²) in [5.41, 5.74) is 0.743. The van der Waals surface area contributed by atoms with Crippen LogP contribution in [0.15, 0.2) is 17.0 Å². The maximum Gasteiger partial charge on any atom is 0.237 e. The van der Waals surface area contributed by atoms with Crippen LogP contribution < -0.4 is 5.32 Å². The van der Waals surface area contributed by atoms with E-state index < -0.39 is 0 Å². The van der Waals surface area contributed by atoms with E-state index in [4.69, 9.17) is 23.2 Å². The zero-order chi connectivity index (χ0) is 10.3. The summed E-state index contributed by atoms with van der Waals surface area (Å²) < 4.78 is 0. The van der Waals surface area contributed by atoms with Gasteiger partial charge in [-0.3, -0.25) is 4.79 Å². The minimum absolute atomic E-state index is 0.000823. The van der Waals surface area contributed by atoms with Crippen LogP contribution in [0.4, 0.5) is 5.69 Å². The van der Waals surface area contributed by atoms with Crippen LogP contribution in [-0.2, 0) is 4.79 Å². The van der Waals surface area contributed by atoms with E-state index in [1.165, 1.54) is 11.8 Å². The van der Waals surface area contributed by atoms with Crippen molar-refractivity contribution in [3.05, 3.63) is 22.2 Å². The van der Waals surface area contributed by atoms with Crippen molar-refractivity contribution in [1.29, 1.82) is 0 Å². The Morgan fingerprint density at radius 2 is 2.00 bits per heavy atom. The van der Waals surface area contributed by atoms with E-state index in [2.05, 4.69) is 5.32 Å². The van der Waals surface area contributed by atoms with Gasteiger partial charge in [-0.25, -0.2) is 0 Å². The van der Waals surface area contributed by atoms with Gasteiger partial charge in [0.05, 0.1) is 21.0 Å². The Morgan fingerprint density at radius 3 is 2.71 bits per heavy atom. The summed E-state index contributed by atoms with van der Waals surface area (Å²) in [6, 6.07) is 3.45. The van der Waals surface area contributed by atoms with E-state index in [9.17, 15) is 4.79 Å². The van der Waals surface area contributed by atoms with E-state index in [0.717, 1.165) is 10.6 Å². The largest absolute Gasteiger partial charge is 0.324 e. The lowest BCUT2D eigenvalue weighted by atomic mass is 10.3. The maximum atomic E-state index is 11.3. The van der Waals surface area contributed by atoms with Crippen molar-refractivity contribution in [1.82, 2.24) is 0 Å². The molecule has 2 nitrogen and oxygen atoms in total. The third-order valence-electron chi connectivity index (χ3n) is 1.95. The highest BCUT2D eigenvalue weighted by Crippen LogP contribution is 2.39. The molecule has 14 heavy (non-hydrogen) atoms. The quantitative estimate of drug-likeness (QED) is 0.762. The fourth-order valence-corrected chi connectivity index (χ4v) is 2.56. The number of carbonyl (C=O) groups excluding carboxylic acids is 1. The highest BCUT2D eigenvalue weighted by Gasteiger charge is 2.23. The van der Waals surface area contributed by atoms with Crippen molar-refractivity contribution in [2.45, 2.75) is 17.1 Å². The molecule has 0 radical (unpaired) electrons. The molecule has 1 aliphatic rings. The fourth-order valence-electron chi connectivity index (χ4n) is 1.20. The first-order chi connectivity index (χ1) is 6.58. The molecular weight excluding hydrogens is 241 g/mol. The van der Waals surface area contributed by atoms with Crippen LogP contribution in [0.3, 0.4) is 0 Å². The van der Waals surface area contributed by atoms with E-state index in [-0.39, 0.29) is 11.2 Å². The van der Waals surface area contributed by atoms with E-state index in [0.29, 0.717) is 10.0 Å². The highest BCUT2D eigenvalue weighted by atomic mass is 35.5. The first-order valence-electron chi connectivity index (χ1n) is 4.04. The van der Waals surface area contributed by atoms with Gasteiger partial charge >= 0.3 is 0 Å². The van der Waals surface area contributed by atoms with Gasteiger partial charge in [0.25, 0.3) is 0 Å². The van der Waals surface area contributed by atoms with Crippen molar-refractivity contribution >= 4 is 46.6 Å². The minimum atomic E-state index is -0.0836. The number of fused-ring (bicyclic) bond motifs is 1. The monoisotopic (exact) mass is 247 g/mol. The maximum absolute atomic E-state index is 11.3. The molecule has 0 aliphatic carbocycles. The predicted molar refractivity (Wildman–Crippen MR) is 60.4 cm³/mol. The zero-order valence-corrected chi connectivity index (χ0v) is 9.63. The number of hydrogen-bond acceptors (Lipinski definition) is 2. The molecular formula is C9H7Cl2NOS. The summed E-state index contributed by atoms with van der Waals surface area (Å²) in [5, 5.41) is 3.67. The number of nitrogens with one attached hydrogen (secondary N) is 1. The molecule has 1 aromatic rings. The number of hydrogen-bond donors (Lipinski definition) is 1. The molecule has 0 spiro atoms. The molecule has 1 aromatic carbocycles. The van der Waals surface area contributed by atoms with Gasteiger partial charge in [0.15, 0.2) is 0 Å². The van der Waals surface area contributed by atoms with Crippen LogP contribution in [0.2, 0.25) is 10.0 Å². The summed E-state index contributed by atoms with van der Waals surface area (Å²) in [6.07, 6.45) is 0. The Bertz CT molecular complexity index is 408. The number of thioether (sulfide) groups is 1. The number of rotatable bonds is 0. The predicted octanol–water partition coefficient (Wildman–Crippen LogP) is 3.43. The summed E-state index contributed by atoms with van der Waals surface area (Å²) >= 11 is 13.2. The molecule has 1 amide bonds. The Labute approximate surface area is 96.0 Å². The van der Waals surface area contributed by atoms with E-state index in [1.54, 1.807) is 12.1 Å². The van der Waals surface area contributed by atoms with Crippen LogP contribution in [0, 0.1) is 0 Å². The Balaban J connectivity index is 2.47. The number of amides is 1. The normalized spacial score (nSPS) is 20.2. The molecule has 5 heteroatoms. The van der Waals surface area contributed by atoms with Crippen molar-refractivity contribution in [3.8, 4) is 0 Å². The average Bonchev–Trinajstić information content (AvgIpc) is 2.11. The smallest absolute Gasteiger partial charge is 0.237 e. The van der Waals surface area contributed by atoms with Gasteiger partial charge in [0, 0.05) is 4.90 Å². The Hall–Kier alpha value is -0.380. The van der Waals surface area contributed by atoms with Crippen molar-refractivity contribution < 1.29 is 4.79 Å². The SMILES string of the molecule is CC1Sc2cc(Cl)c(Cl)cc2NC1=O. The molecule has 1 N–H and O–H groups in total. The van der Waals surface area contributed by atoms with Crippen LogP contribution in [0.5, 0.6) is 0 Å². The number of anilines is 1. The van der Waals surface area contributed by atoms with Crippen LogP contribution in [-0.4, -0.2) is 11.2 Å². The second-order valence-electron chi connectivity index (χ2n) is 3.01. The molecule has 0 fully saturated rings. The van der Waals surface area contributed by atoms with Crippen molar-refractivity contribution in [2.24, 2.45) is 0 Å². The molecule has 74 valence electrons. The second-order valence-corrected chi connectivity index (χ2v) is 5.21. The van der Waals surface area contributed by atoms with Crippen LogP contribution >= 0.6 is 35.0 Å². The fraction of sp³-hybridized carbons (Fsp3) is 0.222. The highest BCUT2D eigenvalue weighted by molar-refractivity contribution is 8.01. The molecule has 1 aliphatic heterocycles. The van der Waals surface area contributed by atoms with E-state index in [1.807, 2.05) is 6.92 Å². The first-order valence-corrected chi connectivity index (χ1v) is 5.68. The first kappa shape index (κ1) is 10.1. The Kier molecular flexibility index (Phi) is 2.64. The summed E-state index contributed by atoms with van der Waals surface area (Å²) in [7, 11) is 0. The molecule has 0 saturated heterocycles. The second kappa shape index (κ2) is 3.65. The third-order valence-corrected chi connectivity index (χ3v) is 3.83. The lowest BCUT2D eigenvalue weighted by Gasteiger charge is -2.21. The molecule has 0 bridgehead atoms. The standard InChI is InChI=1S/C9H7Cl2NOS/c1-4-9(13)12-7-2-5(10)6(11)3-8(7)14-4/h2-4H,1H3,(H,12,13). The van der Waals surface area contributed by atoms with Gasteiger partial charge in [-0.2, -0.15) is 0 Å². The zero-order valence-electron chi connectivity index (χ0n) is 7.30. The van der Waals surface area contributed by atoms with Gasteiger partial charge in [0.1, 0.15) is 0 Å². The molecule has 1 heterocycles. The molecule has 0 saturated carbocycles. The molecule has 0 aromatic heterocycles. The number of benzene rings is 1. The number of carbonyl (C=O) groups is 1. The van der Waals surface area contributed by atoms with Gasteiger partial charge < -0.3 is 5.32 Å². The minimum Gasteiger partial charge on any atom is -0.324 e. The van der Waals surface area contributed by atoms with Crippen LogP contribution in [0.25, 0.3) is 0 Å². The summed E-state index contributed by atoms with van der Waals surface area (Å²) in [4.78, 5) is 12.3. The molecule has 1 atom stereocenters. The van der Waals surface area contributed by atoms with Gasteiger partial charge in [0.2, 0.25) is 5.91 Å². The Morgan fingerprint density at radius 1 is 1.36 bits per heavy atom. The average molecular weight is 248 g/mol. The summed E-state index contributed by atoms with van der Waals surface area (Å²) in [6.45, 7) is 1.85. The lowest BCUT2D eigenvalue weighted by Crippen LogP contribution is -2.26. The van der Waals surface area contributed by atoms with Gasteiger partial charge in [-0.1, -0.05) is 23.2 Å². The topological polar surface area (TPSA) is 29.1 Å². The molecule has 1 unspecified atom stereocenters. The lowest BCUT2D eigenvalue weighted by molar-refractivity contribution is -0.115. The van der Waals surface area contributed by atoms with Crippen molar-refractivity contribution in [3.63, 3.8) is 0 Å².